The summed E-state index contributed by atoms with van der Waals surface area (Å²) in [7, 11) is -3.73. The van der Waals surface area contributed by atoms with Gasteiger partial charge in [0.25, 0.3) is 10.0 Å². The van der Waals surface area contributed by atoms with Crippen molar-refractivity contribution in [2.24, 2.45) is 5.73 Å². The van der Waals surface area contributed by atoms with Crippen molar-refractivity contribution in [2.75, 3.05) is 4.72 Å². The molecule has 0 aliphatic carbocycles. The number of nitrogens with one attached hydrogen (secondary N) is 1. The van der Waals surface area contributed by atoms with Crippen LogP contribution in [0.5, 0.6) is 0 Å². The molecule has 2 aromatic rings. The molecule has 0 aliphatic rings. The molecule has 0 aliphatic heterocycles. The highest BCUT2D eigenvalue weighted by Crippen LogP contribution is 2.33. The van der Waals surface area contributed by atoms with E-state index in [1.165, 1.54) is 0 Å². The summed E-state index contributed by atoms with van der Waals surface area (Å²) in [5.41, 5.74) is 6.59. The third-order valence-corrected chi connectivity index (χ3v) is 6.36. The first-order valence-corrected chi connectivity index (χ1v) is 8.67. The van der Waals surface area contributed by atoms with Crippen molar-refractivity contribution in [3.63, 3.8) is 0 Å². The predicted octanol–water partition coefficient (Wildman–Crippen LogP) is 3.62. The first-order chi connectivity index (χ1) is 9.35. The first kappa shape index (κ1) is 15.6. The zero-order valence-corrected chi connectivity index (χ0v) is 13.6. The zero-order chi connectivity index (χ0) is 14.9. The van der Waals surface area contributed by atoms with Crippen LogP contribution in [0.25, 0.3) is 0 Å². The number of nitrogens with two attached hydrogens (primary N) is 1. The molecule has 0 fully saturated rings. The lowest BCUT2D eigenvalue weighted by Gasteiger charge is -2.09. The molecular weight excluding hydrogens is 339 g/mol. The fourth-order valence-corrected chi connectivity index (χ4v) is 4.78. The van der Waals surface area contributed by atoms with Gasteiger partial charge in [-0.2, -0.15) is 0 Å². The number of hydrogen-bond acceptors (Lipinski definition) is 4. The Morgan fingerprint density at radius 1 is 1.30 bits per heavy atom. The number of hydrogen-bond donors (Lipinski definition) is 2. The first-order valence-electron chi connectivity index (χ1n) is 5.61. The second kappa shape index (κ2) is 5.91. The van der Waals surface area contributed by atoms with Gasteiger partial charge in [0.2, 0.25) is 0 Å². The van der Waals surface area contributed by atoms with Gasteiger partial charge in [0, 0.05) is 11.4 Å². The fourth-order valence-electron chi connectivity index (χ4n) is 1.60. The minimum Gasteiger partial charge on any atom is -0.326 e. The Kier molecular flexibility index (Phi) is 4.61. The van der Waals surface area contributed by atoms with Gasteiger partial charge in [-0.05, 0) is 30.7 Å². The van der Waals surface area contributed by atoms with Crippen molar-refractivity contribution in [3.05, 3.63) is 44.8 Å². The largest absolute Gasteiger partial charge is 0.326 e. The van der Waals surface area contributed by atoms with E-state index in [1.807, 2.05) is 6.92 Å². The van der Waals surface area contributed by atoms with Crippen molar-refractivity contribution in [1.82, 2.24) is 0 Å². The van der Waals surface area contributed by atoms with Crippen LogP contribution in [-0.4, -0.2) is 8.42 Å². The maximum absolute atomic E-state index is 12.3. The highest BCUT2D eigenvalue weighted by atomic mass is 35.5. The Hall–Kier alpha value is -0.790. The third kappa shape index (κ3) is 3.10. The molecule has 2 rings (SSSR count). The Morgan fingerprint density at radius 3 is 2.40 bits per heavy atom. The van der Waals surface area contributed by atoms with Crippen LogP contribution in [0, 0.1) is 6.92 Å². The van der Waals surface area contributed by atoms with E-state index in [-0.39, 0.29) is 19.9 Å². The second-order valence-corrected chi connectivity index (χ2v) is 7.94. The van der Waals surface area contributed by atoms with E-state index in [9.17, 15) is 8.42 Å². The lowest BCUT2D eigenvalue weighted by molar-refractivity contribution is 0.603. The average molecular weight is 351 g/mol. The number of halogens is 2. The van der Waals surface area contributed by atoms with Crippen LogP contribution < -0.4 is 10.5 Å². The highest BCUT2D eigenvalue weighted by molar-refractivity contribution is 7.94. The van der Waals surface area contributed by atoms with Crippen LogP contribution in [0.1, 0.15) is 10.4 Å². The smallest absolute Gasteiger partial charge is 0.271 e. The summed E-state index contributed by atoms with van der Waals surface area (Å²) in [6.45, 7) is 2.12. The molecule has 4 nitrogen and oxygen atoms in total. The van der Waals surface area contributed by atoms with E-state index in [0.717, 1.165) is 21.8 Å². The Bertz CT molecular complexity index is 722. The summed E-state index contributed by atoms with van der Waals surface area (Å²) < 4.78 is 27.3. The van der Waals surface area contributed by atoms with Gasteiger partial charge in [0.1, 0.15) is 4.21 Å². The molecule has 1 heterocycles. The monoisotopic (exact) mass is 350 g/mol. The molecular formula is C12H12Cl2N2O2S2. The fraction of sp³-hybridized carbons (Fsp3) is 0.167. The molecule has 0 saturated carbocycles. The molecule has 108 valence electrons. The summed E-state index contributed by atoms with van der Waals surface area (Å²) in [5.74, 6) is 0. The second-order valence-electron chi connectivity index (χ2n) is 4.08. The number of anilines is 1. The standard InChI is InChI=1S/C12H12Cl2N2O2S2/c1-7-5-11(19-10(7)6-15)20(17,18)16-12-8(13)3-2-4-9(12)14/h2-5,16H,6,15H2,1H3. The molecule has 1 aromatic carbocycles. The van der Waals surface area contributed by atoms with E-state index in [2.05, 4.69) is 4.72 Å². The molecule has 0 bridgehead atoms. The molecule has 0 saturated heterocycles. The van der Waals surface area contributed by atoms with Crippen LogP contribution >= 0.6 is 34.5 Å². The summed E-state index contributed by atoms with van der Waals surface area (Å²) in [6.07, 6.45) is 0. The molecule has 1 aromatic heterocycles. The zero-order valence-electron chi connectivity index (χ0n) is 10.5. The predicted molar refractivity (Wildman–Crippen MR) is 84.2 cm³/mol. The van der Waals surface area contributed by atoms with Gasteiger partial charge in [-0.25, -0.2) is 8.42 Å². The van der Waals surface area contributed by atoms with Gasteiger partial charge >= 0.3 is 0 Å². The van der Waals surface area contributed by atoms with Gasteiger partial charge in [-0.1, -0.05) is 29.3 Å². The number of rotatable bonds is 4. The summed E-state index contributed by atoms with van der Waals surface area (Å²) in [5, 5.41) is 0.488. The van der Waals surface area contributed by atoms with Gasteiger partial charge in [-0.15, -0.1) is 11.3 Å². The van der Waals surface area contributed by atoms with Gasteiger partial charge in [0.05, 0.1) is 15.7 Å². The Labute approximate surface area is 131 Å². The topological polar surface area (TPSA) is 72.2 Å². The van der Waals surface area contributed by atoms with Gasteiger partial charge in [0.15, 0.2) is 0 Å². The van der Waals surface area contributed by atoms with E-state index < -0.39 is 10.0 Å². The summed E-state index contributed by atoms with van der Waals surface area (Å²) >= 11 is 13.1. The van der Waals surface area contributed by atoms with Crippen molar-refractivity contribution < 1.29 is 8.42 Å². The van der Waals surface area contributed by atoms with Gasteiger partial charge in [-0.3, -0.25) is 4.72 Å². The van der Waals surface area contributed by atoms with E-state index in [4.69, 9.17) is 28.9 Å². The molecule has 20 heavy (non-hydrogen) atoms. The highest BCUT2D eigenvalue weighted by Gasteiger charge is 2.21. The van der Waals surface area contributed by atoms with Crippen LogP contribution in [0.2, 0.25) is 10.0 Å². The minimum absolute atomic E-state index is 0.177. The van der Waals surface area contributed by atoms with Crippen LogP contribution in [0.4, 0.5) is 5.69 Å². The molecule has 0 atom stereocenters. The van der Waals surface area contributed by atoms with Crippen LogP contribution in [-0.2, 0) is 16.6 Å². The molecule has 3 N–H and O–H groups in total. The van der Waals surface area contributed by atoms with E-state index >= 15 is 0 Å². The van der Waals surface area contributed by atoms with Crippen molar-refractivity contribution in [2.45, 2.75) is 17.7 Å². The van der Waals surface area contributed by atoms with Crippen LogP contribution in [0.15, 0.2) is 28.5 Å². The molecule has 0 spiro atoms. The molecule has 8 heteroatoms. The summed E-state index contributed by atoms with van der Waals surface area (Å²) in [6, 6.07) is 6.36. The van der Waals surface area contributed by atoms with Crippen LogP contribution in [0.3, 0.4) is 0 Å². The average Bonchev–Trinajstić information content (AvgIpc) is 2.76. The maximum atomic E-state index is 12.3. The van der Waals surface area contributed by atoms with Gasteiger partial charge < -0.3 is 5.73 Å². The van der Waals surface area contributed by atoms with E-state index in [0.29, 0.717) is 6.54 Å². The Balaban J connectivity index is 2.41. The van der Waals surface area contributed by atoms with Crippen molar-refractivity contribution in [3.8, 4) is 0 Å². The number of thiophene rings is 1. The van der Waals surface area contributed by atoms with Crippen molar-refractivity contribution >= 4 is 50.2 Å². The molecule has 0 amide bonds. The quantitative estimate of drug-likeness (QED) is 0.884. The SMILES string of the molecule is Cc1cc(S(=O)(=O)Nc2c(Cl)cccc2Cl)sc1CN. The maximum Gasteiger partial charge on any atom is 0.271 e. The number of para-hydroxylation sites is 1. The lowest BCUT2D eigenvalue weighted by atomic mass is 10.3. The molecule has 0 radical (unpaired) electrons. The summed E-state index contributed by atoms with van der Waals surface area (Å²) in [4.78, 5) is 0.829. The van der Waals surface area contributed by atoms with Crippen molar-refractivity contribution in [1.29, 1.82) is 0 Å². The number of benzene rings is 1. The minimum atomic E-state index is -3.73. The van der Waals surface area contributed by atoms with E-state index in [1.54, 1.807) is 24.3 Å². The number of sulfonamides is 1. The lowest BCUT2D eigenvalue weighted by Crippen LogP contribution is -2.12. The normalized spacial score (nSPS) is 11.6. The molecule has 0 unspecified atom stereocenters. The Morgan fingerprint density at radius 2 is 1.90 bits per heavy atom. The third-order valence-electron chi connectivity index (χ3n) is 2.65. The number of aryl methyl sites for hydroxylation is 1.